The van der Waals surface area contributed by atoms with E-state index in [1.54, 1.807) is 6.20 Å². The average Bonchev–Trinajstić information content (AvgIpc) is 2.93. The third-order valence-corrected chi connectivity index (χ3v) is 3.59. The highest BCUT2D eigenvalue weighted by Gasteiger charge is 2.09. The van der Waals surface area contributed by atoms with E-state index in [0.717, 1.165) is 35.1 Å². The predicted molar refractivity (Wildman–Crippen MR) is 83.9 cm³/mol. The first kappa shape index (κ1) is 13.5. The van der Waals surface area contributed by atoms with Gasteiger partial charge in [0.05, 0.1) is 5.69 Å². The molecule has 3 aromatic heterocycles. The van der Waals surface area contributed by atoms with Gasteiger partial charge in [-0.05, 0) is 25.5 Å². The van der Waals surface area contributed by atoms with E-state index in [1.165, 1.54) is 0 Å². The third kappa shape index (κ3) is 2.86. The Bertz CT molecular complexity index is 762. The van der Waals surface area contributed by atoms with E-state index in [4.69, 9.17) is 0 Å². The number of hydrogen-bond acceptors (Lipinski definition) is 4. The van der Waals surface area contributed by atoms with Crippen LogP contribution >= 0.6 is 0 Å². The molecule has 0 aliphatic rings. The number of pyridine rings is 1. The molecule has 3 rings (SSSR count). The van der Waals surface area contributed by atoms with Gasteiger partial charge in [-0.15, -0.1) is 0 Å². The lowest BCUT2D eigenvalue weighted by molar-refractivity contribution is 0.676. The van der Waals surface area contributed by atoms with Gasteiger partial charge in [0.1, 0.15) is 17.3 Å². The van der Waals surface area contributed by atoms with Crippen molar-refractivity contribution in [2.45, 2.75) is 33.1 Å². The van der Waals surface area contributed by atoms with Crippen molar-refractivity contribution in [2.75, 3.05) is 5.32 Å². The van der Waals surface area contributed by atoms with Crippen LogP contribution < -0.4 is 5.32 Å². The summed E-state index contributed by atoms with van der Waals surface area (Å²) in [7, 11) is 0. The van der Waals surface area contributed by atoms with Gasteiger partial charge in [-0.1, -0.05) is 13.8 Å². The summed E-state index contributed by atoms with van der Waals surface area (Å²) in [5.74, 6) is 2.09. The quantitative estimate of drug-likeness (QED) is 0.792. The predicted octanol–water partition coefficient (Wildman–Crippen LogP) is 3.69. The molecule has 108 valence electrons. The largest absolute Gasteiger partial charge is 0.339 e. The Morgan fingerprint density at radius 2 is 2.14 bits per heavy atom. The van der Waals surface area contributed by atoms with E-state index >= 15 is 0 Å². The van der Waals surface area contributed by atoms with Gasteiger partial charge in [-0.25, -0.2) is 15.0 Å². The second-order valence-electron chi connectivity index (χ2n) is 5.30. The van der Waals surface area contributed by atoms with Crippen molar-refractivity contribution in [2.24, 2.45) is 0 Å². The molecule has 0 saturated carbocycles. The number of aryl methyl sites for hydroxylation is 1. The Balaban J connectivity index is 1.91. The first-order valence-electron chi connectivity index (χ1n) is 7.21. The van der Waals surface area contributed by atoms with Crippen LogP contribution in [-0.2, 0) is 0 Å². The van der Waals surface area contributed by atoms with E-state index in [2.05, 4.69) is 34.1 Å². The smallest absolute Gasteiger partial charge is 0.136 e. The molecule has 1 unspecified atom stereocenters. The highest BCUT2D eigenvalue weighted by atomic mass is 15.1. The van der Waals surface area contributed by atoms with Crippen LogP contribution in [0.15, 0.2) is 36.8 Å². The standard InChI is InChI=1S/C16H19N5/c1-4-11(2)16-18-12(3)9-14(20-16)19-13-5-6-15-17-7-8-21(15)10-13/h5-11H,4H2,1-3H3,(H,18,19,20). The fourth-order valence-electron chi connectivity index (χ4n) is 2.20. The number of fused-ring (bicyclic) bond motifs is 1. The van der Waals surface area contributed by atoms with Crippen LogP contribution in [0.5, 0.6) is 0 Å². The second kappa shape index (κ2) is 5.52. The molecule has 3 aromatic rings. The molecular weight excluding hydrogens is 262 g/mol. The molecule has 0 spiro atoms. The van der Waals surface area contributed by atoms with E-state index in [-0.39, 0.29) is 0 Å². The van der Waals surface area contributed by atoms with Crippen LogP contribution in [0.1, 0.15) is 37.7 Å². The zero-order chi connectivity index (χ0) is 14.8. The lowest BCUT2D eigenvalue weighted by atomic mass is 10.1. The zero-order valence-electron chi connectivity index (χ0n) is 12.5. The molecule has 0 aromatic carbocycles. The van der Waals surface area contributed by atoms with Crippen LogP contribution in [0.4, 0.5) is 11.5 Å². The van der Waals surface area contributed by atoms with Gasteiger partial charge >= 0.3 is 0 Å². The number of nitrogens with zero attached hydrogens (tertiary/aromatic N) is 4. The molecule has 0 saturated heterocycles. The van der Waals surface area contributed by atoms with Gasteiger partial charge in [0, 0.05) is 36.3 Å². The van der Waals surface area contributed by atoms with Crippen LogP contribution in [0.25, 0.3) is 5.65 Å². The van der Waals surface area contributed by atoms with Crippen molar-refractivity contribution in [3.05, 3.63) is 48.3 Å². The first-order valence-corrected chi connectivity index (χ1v) is 7.21. The van der Waals surface area contributed by atoms with Crippen molar-refractivity contribution < 1.29 is 0 Å². The number of aromatic nitrogens is 4. The normalized spacial score (nSPS) is 12.5. The zero-order valence-corrected chi connectivity index (χ0v) is 12.5. The molecule has 0 bridgehead atoms. The molecule has 1 N–H and O–H groups in total. The number of anilines is 2. The lowest BCUT2D eigenvalue weighted by Crippen LogP contribution is -2.05. The van der Waals surface area contributed by atoms with Gasteiger partial charge in [0.2, 0.25) is 0 Å². The minimum Gasteiger partial charge on any atom is -0.339 e. The summed E-state index contributed by atoms with van der Waals surface area (Å²) in [5.41, 5.74) is 2.89. The van der Waals surface area contributed by atoms with Crippen LogP contribution in [-0.4, -0.2) is 19.4 Å². The SMILES string of the molecule is CCC(C)c1nc(C)cc(Nc2ccc3nccn3c2)n1. The average molecular weight is 281 g/mol. The molecule has 21 heavy (non-hydrogen) atoms. The van der Waals surface area contributed by atoms with Crippen molar-refractivity contribution in [1.29, 1.82) is 0 Å². The number of hydrogen-bond donors (Lipinski definition) is 1. The van der Waals surface area contributed by atoms with Crippen molar-refractivity contribution in [3.63, 3.8) is 0 Å². The maximum absolute atomic E-state index is 4.62. The molecule has 5 nitrogen and oxygen atoms in total. The summed E-state index contributed by atoms with van der Waals surface area (Å²) in [5, 5.41) is 3.35. The van der Waals surface area contributed by atoms with Crippen molar-refractivity contribution in [3.8, 4) is 0 Å². The molecule has 5 heteroatoms. The van der Waals surface area contributed by atoms with Gasteiger partial charge in [-0.3, -0.25) is 0 Å². The van der Waals surface area contributed by atoms with E-state index in [9.17, 15) is 0 Å². The summed E-state index contributed by atoms with van der Waals surface area (Å²) < 4.78 is 1.98. The summed E-state index contributed by atoms with van der Waals surface area (Å²) in [6.45, 7) is 6.30. The molecule has 0 aliphatic heterocycles. The van der Waals surface area contributed by atoms with Crippen molar-refractivity contribution in [1.82, 2.24) is 19.4 Å². The molecule has 0 fully saturated rings. The minimum atomic E-state index is 0.363. The maximum atomic E-state index is 4.62. The Kier molecular flexibility index (Phi) is 3.56. The minimum absolute atomic E-state index is 0.363. The Morgan fingerprint density at radius 1 is 1.29 bits per heavy atom. The molecule has 0 radical (unpaired) electrons. The highest BCUT2D eigenvalue weighted by Crippen LogP contribution is 2.20. The Labute approximate surface area is 124 Å². The van der Waals surface area contributed by atoms with E-state index in [1.807, 2.05) is 41.9 Å². The number of rotatable bonds is 4. The lowest BCUT2D eigenvalue weighted by Gasteiger charge is -2.12. The Morgan fingerprint density at radius 3 is 2.95 bits per heavy atom. The molecule has 0 amide bonds. The van der Waals surface area contributed by atoms with Crippen LogP contribution in [0.2, 0.25) is 0 Å². The highest BCUT2D eigenvalue weighted by molar-refractivity contribution is 5.58. The first-order chi connectivity index (χ1) is 10.2. The third-order valence-electron chi connectivity index (χ3n) is 3.59. The van der Waals surface area contributed by atoms with E-state index < -0.39 is 0 Å². The maximum Gasteiger partial charge on any atom is 0.136 e. The van der Waals surface area contributed by atoms with Gasteiger partial charge in [-0.2, -0.15) is 0 Å². The molecule has 3 heterocycles. The van der Waals surface area contributed by atoms with Crippen LogP contribution in [0, 0.1) is 6.92 Å². The van der Waals surface area contributed by atoms with Crippen LogP contribution in [0.3, 0.4) is 0 Å². The fraction of sp³-hybridized carbons (Fsp3) is 0.312. The Hall–Kier alpha value is -2.43. The second-order valence-corrected chi connectivity index (χ2v) is 5.30. The monoisotopic (exact) mass is 281 g/mol. The summed E-state index contributed by atoms with van der Waals surface area (Å²) in [6.07, 6.45) is 6.75. The number of nitrogens with one attached hydrogen (secondary N) is 1. The molecule has 1 atom stereocenters. The molecule has 0 aliphatic carbocycles. The summed E-state index contributed by atoms with van der Waals surface area (Å²) in [6, 6.07) is 5.94. The van der Waals surface area contributed by atoms with Gasteiger partial charge in [0.15, 0.2) is 0 Å². The van der Waals surface area contributed by atoms with Gasteiger partial charge in [0.25, 0.3) is 0 Å². The number of imidazole rings is 1. The van der Waals surface area contributed by atoms with Gasteiger partial charge < -0.3 is 9.72 Å². The summed E-state index contributed by atoms with van der Waals surface area (Å²) >= 11 is 0. The van der Waals surface area contributed by atoms with E-state index in [0.29, 0.717) is 5.92 Å². The van der Waals surface area contributed by atoms with Crippen molar-refractivity contribution >= 4 is 17.2 Å². The topological polar surface area (TPSA) is 55.1 Å². The fourth-order valence-corrected chi connectivity index (χ4v) is 2.20. The summed E-state index contributed by atoms with van der Waals surface area (Å²) in [4.78, 5) is 13.4. The molecular formula is C16H19N5.